The maximum Gasteiger partial charge on any atom is 0.260 e. The van der Waals surface area contributed by atoms with E-state index in [0.717, 1.165) is 28.3 Å². The standard InChI is InChI=1S/C24H25N3O3/c1-14-23(15(2)30-26-14)19-8-9-21-20(11-19)27(13-22(29-21)24(25)28)12-16-4-3-5-18(10-16)17-6-7-17/h3-5,8-11,17,22H,6-7,12-13H2,1-2H3,(H2,25,28). The number of nitrogens with zero attached hydrogens (tertiary/aromatic N) is 2. The molecule has 154 valence electrons. The number of nitrogens with two attached hydrogens (primary N) is 1. The van der Waals surface area contributed by atoms with Crippen molar-refractivity contribution in [3.8, 4) is 16.9 Å². The van der Waals surface area contributed by atoms with Crippen LogP contribution in [-0.4, -0.2) is 23.7 Å². The van der Waals surface area contributed by atoms with E-state index in [4.69, 9.17) is 15.0 Å². The first-order chi connectivity index (χ1) is 14.5. The second kappa shape index (κ2) is 7.20. The summed E-state index contributed by atoms with van der Waals surface area (Å²) in [7, 11) is 0. The maximum atomic E-state index is 11.9. The van der Waals surface area contributed by atoms with Crippen molar-refractivity contribution in [1.82, 2.24) is 5.16 Å². The van der Waals surface area contributed by atoms with E-state index in [0.29, 0.717) is 24.8 Å². The molecule has 1 aliphatic heterocycles. The molecule has 1 amide bonds. The number of rotatable bonds is 5. The molecule has 0 saturated heterocycles. The van der Waals surface area contributed by atoms with Crippen LogP contribution in [0.4, 0.5) is 5.69 Å². The minimum atomic E-state index is -0.672. The van der Waals surface area contributed by atoms with E-state index < -0.39 is 12.0 Å². The van der Waals surface area contributed by atoms with Gasteiger partial charge in [0, 0.05) is 12.1 Å². The molecule has 5 rings (SSSR count). The number of ether oxygens (including phenoxy) is 1. The second-order valence-corrected chi connectivity index (χ2v) is 8.29. The number of carbonyl (C=O) groups excluding carboxylic acids is 1. The molecule has 6 heteroatoms. The molecule has 0 radical (unpaired) electrons. The van der Waals surface area contributed by atoms with Gasteiger partial charge in [0.2, 0.25) is 0 Å². The molecule has 0 spiro atoms. The van der Waals surface area contributed by atoms with Crippen LogP contribution < -0.4 is 15.4 Å². The highest BCUT2D eigenvalue weighted by Crippen LogP contribution is 2.41. The van der Waals surface area contributed by atoms with Crippen LogP contribution >= 0.6 is 0 Å². The van der Waals surface area contributed by atoms with Gasteiger partial charge in [-0.2, -0.15) is 0 Å². The Morgan fingerprint density at radius 3 is 2.73 bits per heavy atom. The summed E-state index contributed by atoms with van der Waals surface area (Å²) in [6.07, 6.45) is 1.87. The Hall–Kier alpha value is -3.28. The molecule has 1 fully saturated rings. The molecular weight excluding hydrogens is 378 g/mol. The monoisotopic (exact) mass is 403 g/mol. The van der Waals surface area contributed by atoms with Crippen LogP contribution in [-0.2, 0) is 11.3 Å². The van der Waals surface area contributed by atoms with Gasteiger partial charge in [0.25, 0.3) is 5.91 Å². The summed E-state index contributed by atoms with van der Waals surface area (Å²) in [4.78, 5) is 14.1. The van der Waals surface area contributed by atoms with Gasteiger partial charge in [-0.15, -0.1) is 0 Å². The van der Waals surface area contributed by atoms with E-state index in [2.05, 4.69) is 40.4 Å². The molecule has 3 aromatic rings. The Morgan fingerprint density at radius 1 is 1.20 bits per heavy atom. The molecule has 1 saturated carbocycles. The third-order valence-electron chi connectivity index (χ3n) is 5.97. The summed E-state index contributed by atoms with van der Waals surface area (Å²) in [6, 6.07) is 14.7. The fourth-order valence-corrected chi connectivity index (χ4v) is 4.28. The summed E-state index contributed by atoms with van der Waals surface area (Å²) < 4.78 is 11.3. The first kappa shape index (κ1) is 18.7. The topological polar surface area (TPSA) is 81.6 Å². The summed E-state index contributed by atoms with van der Waals surface area (Å²) in [6.45, 7) is 4.95. The smallest absolute Gasteiger partial charge is 0.260 e. The summed E-state index contributed by atoms with van der Waals surface area (Å²) in [5, 5.41) is 4.08. The number of aromatic nitrogens is 1. The first-order valence-electron chi connectivity index (χ1n) is 10.4. The zero-order chi connectivity index (χ0) is 20.8. The first-order valence-corrected chi connectivity index (χ1v) is 10.4. The lowest BCUT2D eigenvalue weighted by atomic mass is 10.0. The summed E-state index contributed by atoms with van der Waals surface area (Å²) >= 11 is 0. The molecular formula is C24H25N3O3. The van der Waals surface area contributed by atoms with E-state index in [1.807, 2.05) is 26.0 Å². The van der Waals surface area contributed by atoms with E-state index in [1.54, 1.807) is 0 Å². The van der Waals surface area contributed by atoms with Gasteiger partial charge in [-0.05, 0) is 61.4 Å². The van der Waals surface area contributed by atoms with Crippen LogP contribution in [0.2, 0.25) is 0 Å². The number of hydrogen-bond acceptors (Lipinski definition) is 5. The van der Waals surface area contributed by atoms with Crippen molar-refractivity contribution in [2.45, 2.75) is 45.3 Å². The lowest BCUT2D eigenvalue weighted by Crippen LogP contribution is -2.47. The largest absolute Gasteiger partial charge is 0.477 e. The maximum absolute atomic E-state index is 11.9. The number of primary amides is 1. The zero-order valence-electron chi connectivity index (χ0n) is 17.2. The normalized spacial score (nSPS) is 18.1. The number of fused-ring (bicyclic) bond motifs is 1. The van der Waals surface area contributed by atoms with Crippen molar-refractivity contribution < 1.29 is 14.1 Å². The molecule has 30 heavy (non-hydrogen) atoms. The highest BCUT2D eigenvalue weighted by atomic mass is 16.5. The van der Waals surface area contributed by atoms with E-state index in [-0.39, 0.29) is 0 Å². The molecule has 1 unspecified atom stereocenters. The Morgan fingerprint density at radius 2 is 2.03 bits per heavy atom. The lowest BCUT2D eigenvalue weighted by molar-refractivity contribution is -0.124. The summed E-state index contributed by atoms with van der Waals surface area (Å²) in [5.41, 5.74) is 12.0. The third kappa shape index (κ3) is 3.43. The van der Waals surface area contributed by atoms with Gasteiger partial charge in [-0.1, -0.05) is 35.5 Å². The van der Waals surface area contributed by atoms with Crippen molar-refractivity contribution >= 4 is 11.6 Å². The highest BCUT2D eigenvalue weighted by Gasteiger charge is 2.30. The van der Waals surface area contributed by atoms with Gasteiger partial charge >= 0.3 is 0 Å². The third-order valence-corrected chi connectivity index (χ3v) is 5.97. The van der Waals surface area contributed by atoms with Crippen LogP contribution in [0, 0.1) is 13.8 Å². The molecule has 1 aromatic heterocycles. The molecule has 2 aliphatic rings. The van der Waals surface area contributed by atoms with E-state index in [1.165, 1.54) is 24.0 Å². The zero-order valence-corrected chi connectivity index (χ0v) is 17.2. The number of anilines is 1. The fraction of sp³-hybridized carbons (Fsp3) is 0.333. The minimum absolute atomic E-state index is 0.418. The van der Waals surface area contributed by atoms with Gasteiger partial charge in [0.15, 0.2) is 6.10 Å². The average Bonchev–Trinajstić information content (AvgIpc) is 3.53. The number of aryl methyl sites for hydroxylation is 2. The number of benzene rings is 2. The molecule has 2 heterocycles. The Balaban J connectivity index is 1.52. The van der Waals surface area contributed by atoms with Gasteiger partial charge in [0.1, 0.15) is 11.5 Å². The van der Waals surface area contributed by atoms with Gasteiger partial charge in [-0.25, -0.2) is 0 Å². The molecule has 6 nitrogen and oxygen atoms in total. The fourth-order valence-electron chi connectivity index (χ4n) is 4.28. The van der Waals surface area contributed by atoms with Crippen molar-refractivity contribution in [2.24, 2.45) is 5.73 Å². The van der Waals surface area contributed by atoms with Crippen LogP contribution in [0.1, 0.15) is 41.3 Å². The Kier molecular flexibility index (Phi) is 4.50. The van der Waals surface area contributed by atoms with Crippen molar-refractivity contribution in [2.75, 3.05) is 11.4 Å². The molecule has 1 aliphatic carbocycles. The highest BCUT2D eigenvalue weighted by molar-refractivity contribution is 5.83. The van der Waals surface area contributed by atoms with Gasteiger partial charge < -0.3 is 19.9 Å². The van der Waals surface area contributed by atoms with Crippen LogP contribution in [0.15, 0.2) is 47.0 Å². The predicted molar refractivity (Wildman–Crippen MR) is 114 cm³/mol. The van der Waals surface area contributed by atoms with Gasteiger partial charge in [0.05, 0.1) is 17.9 Å². The minimum Gasteiger partial charge on any atom is -0.477 e. The van der Waals surface area contributed by atoms with Crippen molar-refractivity contribution in [1.29, 1.82) is 0 Å². The van der Waals surface area contributed by atoms with Crippen molar-refractivity contribution in [3.05, 3.63) is 65.0 Å². The number of hydrogen-bond donors (Lipinski definition) is 1. The summed E-state index contributed by atoms with van der Waals surface area (Å²) in [5.74, 6) is 1.69. The second-order valence-electron chi connectivity index (χ2n) is 8.29. The van der Waals surface area contributed by atoms with E-state index in [9.17, 15) is 4.79 Å². The molecule has 1 atom stereocenters. The van der Waals surface area contributed by atoms with Crippen molar-refractivity contribution in [3.63, 3.8) is 0 Å². The molecule has 0 bridgehead atoms. The SMILES string of the molecule is Cc1noc(C)c1-c1ccc2c(c1)N(Cc1cccc(C3CC3)c1)CC(C(N)=O)O2. The van der Waals surface area contributed by atoms with E-state index >= 15 is 0 Å². The van der Waals surface area contributed by atoms with Crippen LogP contribution in [0.5, 0.6) is 5.75 Å². The number of carbonyl (C=O) groups is 1. The van der Waals surface area contributed by atoms with Crippen LogP contribution in [0.3, 0.4) is 0 Å². The lowest BCUT2D eigenvalue weighted by Gasteiger charge is -2.35. The Bertz CT molecular complexity index is 1100. The quantitative estimate of drug-likeness (QED) is 0.694. The molecule has 2 aromatic carbocycles. The predicted octanol–water partition coefficient (Wildman–Crippen LogP) is 4.09. The van der Waals surface area contributed by atoms with Crippen LogP contribution in [0.25, 0.3) is 11.1 Å². The Labute approximate surface area is 175 Å². The average molecular weight is 403 g/mol. The number of amides is 1. The molecule has 2 N–H and O–H groups in total. The van der Waals surface area contributed by atoms with Gasteiger partial charge in [-0.3, -0.25) is 4.79 Å².